The van der Waals surface area contributed by atoms with Crippen molar-refractivity contribution >= 4 is 29.9 Å². The second-order valence-electron chi connectivity index (χ2n) is 4.86. The smallest absolute Gasteiger partial charge is 0.231 e. The summed E-state index contributed by atoms with van der Waals surface area (Å²) in [4.78, 5) is 6.45. The van der Waals surface area contributed by atoms with E-state index in [0.717, 1.165) is 36.1 Å². The van der Waals surface area contributed by atoms with Crippen LogP contribution in [-0.4, -0.2) is 38.3 Å². The Morgan fingerprint density at radius 2 is 2.10 bits per heavy atom. The van der Waals surface area contributed by atoms with E-state index in [1.165, 1.54) is 12.8 Å². The van der Waals surface area contributed by atoms with E-state index >= 15 is 0 Å². The van der Waals surface area contributed by atoms with Crippen LogP contribution in [0.15, 0.2) is 23.2 Å². The lowest BCUT2D eigenvalue weighted by Gasteiger charge is -2.21. The Balaban J connectivity index is 0.00000220. The third-order valence-corrected chi connectivity index (χ3v) is 3.31. The van der Waals surface area contributed by atoms with Crippen molar-refractivity contribution in [2.24, 2.45) is 4.99 Å². The number of unbranched alkanes of at least 4 members (excludes halogenated alkanes) is 1. The maximum absolute atomic E-state index is 5.38. The molecular formula is C15H24IN3O2. The number of ether oxygens (including phenoxy) is 2. The van der Waals surface area contributed by atoms with Crippen LogP contribution in [0.3, 0.4) is 0 Å². The van der Waals surface area contributed by atoms with Crippen LogP contribution in [0.25, 0.3) is 0 Å². The van der Waals surface area contributed by atoms with E-state index in [1.807, 2.05) is 25.2 Å². The summed E-state index contributed by atoms with van der Waals surface area (Å²) in [7, 11) is 3.87. The van der Waals surface area contributed by atoms with E-state index in [1.54, 1.807) is 0 Å². The molecule has 0 unspecified atom stereocenters. The molecule has 1 aromatic carbocycles. The fraction of sp³-hybridized carbons (Fsp3) is 0.533. The molecule has 0 spiro atoms. The van der Waals surface area contributed by atoms with Crippen LogP contribution in [0.1, 0.15) is 25.3 Å². The fourth-order valence-corrected chi connectivity index (χ4v) is 2.12. The Morgan fingerprint density at radius 1 is 1.33 bits per heavy atom. The van der Waals surface area contributed by atoms with E-state index in [2.05, 4.69) is 29.2 Å². The van der Waals surface area contributed by atoms with Gasteiger partial charge in [-0.05, 0) is 24.1 Å². The number of nitrogens with zero attached hydrogens (tertiary/aromatic N) is 2. The topological polar surface area (TPSA) is 46.1 Å². The Labute approximate surface area is 143 Å². The SMILES string of the molecule is CCCCN(C)C(=NC)NCc1ccc2c(c1)OCO2.I. The molecule has 1 aromatic rings. The fourth-order valence-electron chi connectivity index (χ4n) is 2.12. The molecule has 21 heavy (non-hydrogen) atoms. The monoisotopic (exact) mass is 405 g/mol. The number of halogens is 1. The van der Waals surface area contributed by atoms with Crippen LogP contribution in [0, 0.1) is 0 Å². The highest BCUT2D eigenvalue weighted by atomic mass is 127. The standard InChI is InChI=1S/C15H23N3O2.HI/c1-4-5-8-18(3)15(16-2)17-10-12-6-7-13-14(9-12)20-11-19-13;/h6-7,9H,4-5,8,10-11H2,1-3H3,(H,16,17);1H. The Hall–Kier alpha value is -1.18. The molecule has 1 aliphatic heterocycles. The van der Waals surface area contributed by atoms with Crippen LogP contribution in [0.5, 0.6) is 11.5 Å². The minimum absolute atomic E-state index is 0. The molecule has 1 heterocycles. The van der Waals surface area contributed by atoms with Gasteiger partial charge in [-0.1, -0.05) is 19.4 Å². The Morgan fingerprint density at radius 3 is 2.81 bits per heavy atom. The van der Waals surface area contributed by atoms with Gasteiger partial charge in [0.15, 0.2) is 17.5 Å². The molecule has 2 rings (SSSR count). The number of fused-ring (bicyclic) bond motifs is 1. The zero-order valence-electron chi connectivity index (χ0n) is 12.9. The lowest BCUT2D eigenvalue weighted by Crippen LogP contribution is -2.38. The summed E-state index contributed by atoms with van der Waals surface area (Å²) in [6, 6.07) is 6.00. The predicted molar refractivity (Wildman–Crippen MR) is 95.7 cm³/mol. The third-order valence-electron chi connectivity index (χ3n) is 3.31. The summed E-state index contributed by atoms with van der Waals surface area (Å²) in [6.07, 6.45) is 2.35. The van der Waals surface area contributed by atoms with Gasteiger partial charge in [-0.2, -0.15) is 0 Å². The summed E-state index contributed by atoms with van der Waals surface area (Å²) in [5.41, 5.74) is 1.15. The predicted octanol–water partition coefficient (Wildman–Crippen LogP) is 2.84. The van der Waals surface area contributed by atoms with Gasteiger partial charge in [-0.15, -0.1) is 24.0 Å². The quantitative estimate of drug-likeness (QED) is 0.465. The van der Waals surface area contributed by atoms with E-state index < -0.39 is 0 Å². The van der Waals surface area contributed by atoms with Crippen molar-refractivity contribution < 1.29 is 9.47 Å². The molecule has 1 aliphatic rings. The number of benzene rings is 1. The van der Waals surface area contributed by atoms with Gasteiger partial charge in [-0.3, -0.25) is 4.99 Å². The van der Waals surface area contributed by atoms with Crippen molar-refractivity contribution in [1.29, 1.82) is 0 Å². The summed E-state index contributed by atoms with van der Waals surface area (Å²) >= 11 is 0. The first-order chi connectivity index (χ1) is 9.74. The van der Waals surface area contributed by atoms with Gasteiger partial charge in [-0.25, -0.2) is 0 Å². The normalized spacial score (nSPS) is 12.8. The number of aliphatic imine (C=N–C) groups is 1. The minimum atomic E-state index is 0. The van der Waals surface area contributed by atoms with Crippen molar-refractivity contribution in [1.82, 2.24) is 10.2 Å². The summed E-state index contributed by atoms with van der Waals surface area (Å²) in [5.74, 6) is 2.55. The molecule has 0 atom stereocenters. The van der Waals surface area contributed by atoms with Gasteiger partial charge in [0.25, 0.3) is 0 Å². The molecule has 0 bridgehead atoms. The van der Waals surface area contributed by atoms with Gasteiger partial charge in [0.2, 0.25) is 6.79 Å². The zero-order valence-corrected chi connectivity index (χ0v) is 15.2. The molecule has 0 saturated heterocycles. The van der Waals surface area contributed by atoms with Crippen LogP contribution in [0.2, 0.25) is 0 Å². The number of rotatable bonds is 5. The average molecular weight is 405 g/mol. The Kier molecular flexibility index (Phi) is 7.63. The lowest BCUT2D eigenvalue weighted by atomic mass is 10.2. The molecule has 0 radical (unpaired) electrons. The van der Waals surface area contributed by atoms with Gasteiger partial charge < -0.3 is 19.7 Å². The molecule has 118 valence electrons. The largest absolute Gasteiger partial charge is 0.454 e. The molecular weight excluding hydrogens is 381 g/mol. The van der Waals surface area contributed by atoms with Crippen LogP contribution < -0.4 is 14.8 Å². The number of hydrogen-bond donors (Lipinski definition) is 1. The molecule has 0 fully saturated rings. The first-order valence-electron chi connectivity index (χ1n) is 7.05. The molecule has 0 aliphatic carbocycles. The Bertz CT molecular complexity index is 480. The molecule has 6 heteroatoms. The maximum atomic E-state index is 5.38. The molecule has 0 saturated carbocycles. The first-order valence-corrected chi connectivity index (χ1v) is 7.05. The number of guanidine groups is 1. The molecule has 5 nitrogen and oxygen atoms in total. The first kappa shape index (κ1) is 17.9. The van der Waals surface area contributed by atoms with Gasteiger partial charge in [0.1, 0.15) is 0 Å². The van der Waals surface area contributed by atoms with Crippen LogP contribution in [-0.2, 0) is 6.54 Å². The third kappa shape index (κ3) is 4.94. The average Bonchev–Trinajstić information content (AvgIpc) is 2.93. The lowest BCUT2D eigenvalue weighted by molar-refractivity contribution is 0.174. The van der Waals surface area contributed by atoms with Gasteiger partial charge in [0.05, 0.1) is 0 Å². The van der Waals surface area contributed by atoms with Crippen LogP contribution in [0.4, 0.5) is 0 Å². The van der Waals surface area contributed by atoms with Gasteiger partial charge in [0, 0.05) is 27.2 Å². The minimum Gasteiger partial charge on any atom is -0.454 e. The number of hydrogen-bond acceptors (Lipinski definition) is 3. The van der Waals surface area contributed by atoms with Crippen molar-refractivity contribution in [2.75, 3.05) is 27.4 Å². The zero-order chi connectivity index (χ0) is 14.4. The van der Waals surface area contributed by atoms with Crippen LogP contribution >= 0.6 is 24.0 Å². The number of nitrogens with one attached hydrogen (secondary N) is 1. The molecule has 1 N–H and O–H groups in total. The van der Waals surface area contributed by atoms with E-state index in [4.69, 9.17) is 9.47 Å². The van der Waals surface area contributed by atoms with Crippen molar-refractivity contribution in [3.63, 3.8) is 0 Å². The summed E-state index contributed by atoms with van der Waals surface area (Å²) < 4.78 is 10.7. The molecule has 0 amide bonds. The van der Waals surface area contributed by atoms with Gasteiger partial charge >= 0.3 is 0 Å². The highest BCUT2D eigenvalue weighted by Crippen LogP contribution is 2.32. The van der Waals surface area contributed by atoms with Crippen molar-refractivity contribution in [3.05, 3.63) is 23.8 Å². The van der Waals surface area contributed by atoms with E-state index in [-0.39, 0.29) is 24.0 Å². The highest BCUT2D eigenvalue weighted by Gasteiger charge is 2.13. The van der Waals surface area contributed by atoms with E-state index in [9.17, 15) is 0 Å². The second-order valence-corrected chi connectivity index (χ2v) is 4.86. The maximum Gasteiger partial charge on any atom is 0.231 e. The van der Waals surface area contributed by atoms with Crippen molar-refractivity contribution in [3.8, 4) is 11.5 Å². The second kappa shape index (κ2) is 8.96. The molecule has 0 aromatic heterocycles. The van der Waals surface area contributed by atoms with E-state index in [0.29, 0.717) is 6.79 Å². The van der Waals surface area contributed by atoms with Crippen molar-refractivity contribution in [2.45, 2.75) is 26.3 Å². The summed E-state index contributed by atoms with van der Waals surface area (Å²) in [5, 5.41) is 3.37. The summed E-state index contributed by atoms with van der Waals surface area (Å²) in [6.45, 7) is 4.24. The highest BCUT2D eigenvalue weighted by molar-refractivity contribution is 14.0.